The van der Waals surface area contributed by atoms with Crippen LogP contribution in [0.5, 0.6) is 0 Å². The van der Waals surface area contributed by atoms with E-state index in [-0.39, 0.29) is 34.9 Å². The molecule has 1 aliphatic carbocycles. The fourth-order valence-corrected chi connectivity index (χ4v) is 9.68. The summed E-state index contributed by atoms with van der Waals surface area (Å²) < 4.78 is 5.29. The zero-order valence-electron chi connectivity index (χ0n) is 32.4. The topological polar surface area (TPSA) is 21.6 Å². The van der Waals surface area contributed by atoms with Gasteiger partial charge in [-0.25, -0.2) is 0 Å². The lowest BCUT2D eigenvalue weighted by Crippen LogP contribution is -2.64. The average Bonchev–Trinajstić information content (AvgIpc) is 3.57. The Bertz CT molecular complexity index is 2210. The molecule has 0 N–H and O–H groups in total. The first kappa shape index (κ1) is 33.1. The molecule has 3 aliphatic heterocycles. The third-order valence-electron chi connectivity index (χ3n) is 12.0. The summed E-state index contributed by atoms with van der Waals surface area (Å²) in [6.45, 7) is 28.3. The molecule has 0 fully saturated rings. The number of benzene rings is 4. The predicted molar refractivity (Wildman–Crippen MR) is 211 cm³/mol. The minimum atomic E-state index is -0.594. The van der Waals surface area contributed by atoms with Crippen molar-refractivity contribution >= 4 is 39.8 Å². The van der Waals surface area contributed by atoms with Crippen molar-refractivity contribution in [2.75, 3.05) is 0 Å². The largest absolute Gasteiger partial charge is 0.417 e. The number of hydrogen-bond acceptors (Lipinski definition) is 2. The lowest BCUT2D eigenvalue weighted by molar-refractivity contribution is -0.837. The maximum absolute atomic E-state index is 5.62. The lowest BCUT2D eigenvalue weighted by Gasteiger charge is -2.43. The van der Waals surface area contributed by atoms with Crippen molar-refractivity contribution in [3.8, 4) is 0 Å². The predicted octanol–water partition coefficient (Wildman–Crippen LogP) is 10.2. The second-order valence-electron chi connectivity index (χ2n) is 18.3. The van der Waals surface area contributed by atoms with E-state index in [2.05, 4.69) is 177 Å². The van der Waals surface area contributed by atoms with E-state index in [4.69, 9.17) is 4.99 Å². The Kier molecular flexibility index (Phi) is 7.27. The maximum Gasteiger partial charge on any atom is 0.417 e. The van der Waals surface area contributed by atoms with E-state index in [1.165, 1.54) is 66.2 Å². The van der Waals surface area contributed by atoms with Gasteiger partial charge in [-0.2, -0.15) is 4.58 Å². The molecule has 3 unspecified atom stereocenters. The van der Waals surface area contributed by atoms with Gasteiger partial charge in [0.2, 0.25) is 0 Å². The van der Waals surface area contributed by atoms with E-state index in [1.807, 2.05) is 0 Å². The smallest absolute Gasteiger partial charge is 0.273 e. The number of allylic oxidation sites excluding steroid dienone is 1. The van der Waals surface area contributed by atoms with Crippen LogP contribution in [0.15, 0.2) is 77.4 Å². The van der Waals surface area contributed by atoms with Gasteiger partial charge in [-0.3, -0.25) is 4.90 Å². The molecule has 0 aromatic heterocycles. The van der Waals surface area contributed by atoms with Crippen molar-refractivity contribution in [3.05, 3.63) is 106 Å². The van der Waals surface area contributed by atoms with Gasteiger partial charge < -0.3 is 0 Å². The molecule has 8 rings (SSSR count). The summed E-state index contributed by atoms with van der Waals surface area (Å²) in [7, 11) is 0. The number of rotatable bonds is 3. The Morgan fingerprint density at radius 3 is 1.94 bits per heavy atom. The number of aliphatic imine (C=N–C) groups is 1. The van der Waals surface area contributed by atoms with Gasteiger partial charge in [-0.15, -0.1) is 4.58 Å². The summed E-state index contributed by atoms with van der Waals surface area (Å²) in [6, 6.07) is 24.0. The molecule has 0 bridgehead atoms. The SMILES string of the molecule is CC(C)C1=CN(C(C)C)C2(c3c(cc(C(C)(C)C)c4ccccc34)C3=[N+]2C=NC2c4cc(C(C)(C)C)c5ccccc5c4CC32)[N+](C(C)C)=C1. The van der Waals surface area contributed by atoms with Crippen molar-refractivity contribution in [2.45, 2.75) is 124 Å². The zero-order valence-corrected chi connectivity index (χ0v) is 32.4. The zero-order chi connectivity index (χ0) is 35.7. The van der Waals surface area contributed by atoms with Crippen LogP contribution in [0.3, 0.4) is 0 Å². The monoisotopic (exact) mass is 664 g/mol. The number of hydrogen-bond donors (Lipinski definition) is 0. The van der Waals surface area contributed by atoms with Gasteiger partial charge in [0, 0.05) is 28.9 Å². The van der Waals surface area contributed by atoms with Crippen molar-refractivity contribution in [1.29, 1.82) is 0 Å². The highest BCUT2D eigenvalue weighted by molar-refractivity contribution is 6.10. The van der Waals surface area contributed by atoms with Crippen molar-refractivity contribution in [3.63, 3.8) is 0 Å². The standard InChI is InChI=1S/C46H56N4/c1-27(2)30-24-48(28(3)4)46(49(25-30)29(5)6)41-34-20-16-15-19-33(34)40(45(10,11)12)23-37(41)43-38-21-35-31-17-13-14-18-32(31)39(44(7,8)9)22-36(35)42(38)47-26-50(43)46/h13-20,22-29,38,42H,21H2,1-12H3/q+2. The van der Waals surface area contributed by atoms with Gasteiger partial charge in [0.05, 0.1) is 5.92 Å². The summed E-state index contributed by atoms with van der Waals surface area (Å²) in [5.74, 6) is 0.0518. The van der Waals surface area contributed by atoms with Crippen LogP contribution in [0.4, 0.5) is 0 Å². The van der Waals surface area contributed by atoms with E-state index in [1.54, 1.807) is 0 Å². The van der Waals surface area contributed by atoms with Crippen LogP contribution in [0.2, 0.25) is 0 Å². The molecule has 4 heteroatoms. The van der Waals surface area contributed by atoms with E-state index in [0.29, 0.717) is 5.92 Å². The van der Waals surface area contributed by atoms with Gasteiger partial charge in [-0.05, 0) is 101 Å². The summed E-state index contributed by atoms with van der Waals surface area (Å²) >= 11 is 0. The van der Waals surface area contributed by atoms with E-state index >= 15 is 0 Å². The fourth-order valence-electron chi connectivity index (χ4n) is 9.68. The van der Waals surface area contributed by atoms with Gasteiger partial charge in [0.25, 0.3) is 6.34 Å². The van der Waals surface area contributed by atoms with Crippen LogP contribution in [0.1, 0.15) is 123 Å². The Hall–Kier alpha value is -4.05. The van der Waals surface area contributed by atoms with Crippen molar-refractivity contribution in [2.24, 2.45) is 16.8 Å². The fraction of sp³-hybridized carbons (Fsp3) is 0.457. The quantitative estimate of drug-likeness (QED) is 0.200. The van der Waals surface area contributed by atoms with Crippen LogP contribution in [0.25, 0.3) is 21.5 Å². The Balaban J connectivity index is 1.49. The molecule has 258 valence electrons. The highest BCUT2D eigenvalue weighted by Crippen LogP contribution is 2.54. The van der Waals surface area contributed by atoms with Crippen LogP contribution < -0.4 is 0 Å². The average molecular weight is 665 g/mol. The second kappa shape index (κ2) is 11.0. The van der Waals surface area contributed by atoms with E-state index in [0.717, 1.165) is 6.42 Å². The molecule has 50 heavy (non-hydrogen) atoms. The van der Waals surface area contributed by atoms with E-state index in [9.17, 15) is 0 Å². The maximum atomic E-state index is 5.62. The Labute approximate surface area is 299 Å². The van der Waals surface area contributed by atoms with E-state index < -0.39 is 5.79 Å². The van der Waals surface area contributed by atoms with Crippen molar-refractivity contribution < 1.29 is 9.15 Å². The summed E-state index contributed by atoms with van der Waals surface area (Å²) in [4.78, 5) is 8.29. The Morgan fingerprint density at radius 1 is 0.780 bits per heavy atom. The molecule has 0 amide bonds. The van der Waals surface area contributed by atoms with Crippen LogP contribution in [-0.4, -0.2) is 44.4 Å². The highest BCUT2D eigenvalue weighted by Gasteiger charge is 2.67. The lowest BCUT2D eigenvalue weighted by atomic mass is 9.78. The highest BCUT2D eigenvalue weighted by atomic mass is 15.5. The summed E-state index contributed by atoms with van der Waals surface area (Å²) in [6.07, 6.45) is 8.18. The molecule has 0 radical (unpaired) electrons. The first-order valence-electron chi connectivity index (χ1n) is 19.0. The van der Waals surface area contributed by atoms with Gasteiger partial charge in [0.1, 0.15) is 11.3 Å². The van der Waals surface area contributed by atoms with Gasteiger partial charge >= 0.3 is 5.79 Å². The van der Waals surface area contributed by atoms with Gasteiger partial charge in [-0.1, -0.05) is 109 Å². The summed E-state index contributed by atoms with van der Waals surface area (Å²) in [5, 5.41) is 5.49. The molecule has 3 atom stereocenters. The molecular formula is C46H56N4+2. The first-order valence-corrected chi connectivity index (χ1v) is 19.0. The molecule has 1 spiro atoms. The molecule has 4 aromatic rings. The van der Waals surface area contributed by atoms with Crippen molar-refractivity contribution in [1.82, 2.24) is 4.90 Å². The van der Waals surface area contributed by atoms with Crippen LogP contribution in [0, 0.1) is 11.8 Å². The number of fused-ring (bicyclic) bond motifs is 12. The molecule has 0 saturated carbocycles. The number of nitrogens with zero attached hydrogens (tertiary/aromatic N) is 4. The van der Waals surface area contributed by atoms with Crippen LogP contribution in [-0.2, 0) is 23.0 Å². The third-order valence-corrected chi connectivity index (χ3v) is 12.0. The third kappa shape index (κ3) is 4.45. The minimum absolute atomic E-state index is 0.0206. The molecule has 4 nitrogen and oxygen atoms in total. The molecule has 4 aliphatic rings. The molecule has 4 aromatic carbocycles. The molecule has 3 heterocycles. The summed E-state index contributed by atoms with van der Waals surface area (Å²) in [5.41, 5.74) is 11.3. The minimum Gasteiger partial charge on any atom is -0.273 e. The molecule has 0 saturated heterocycles. The normalized spacial score (nSPS) is 23.0. The van der Waals surface area contributed by atoms with Gasteiger partial charge in [0.15, 0.2) is 18.3 Å². The first-order chi connectivity index (χ1) is 23.6. The van der Waals surface area contributed by atoms with Crippen LogP contribution >= 0.6 is 0 Å². The Morgan fingerprint density at radius 2 is 1.36 bits per heavy atom. The molecular weight excluding hydrogens is 609 g/mol. The second-order valence-corrected chi connectivity index (χ2v) is 18.3.